The second-order valence-electron chi connectivity index (χ2n) is 5.87. The lowest BCUT2D eigenvalue weighted by Crippen LogP contribution is -2.26. The van der Waals surface area contributed by atoms with Crippen molar-refractivity contribution < 1.29 is 14.6 Å². The van der Waals surface area contributed by atoms with Crippen LogP contribution in [0.1, 0.15) is 42.6 Å². The molecule has 0 atom stereocenters. The fraction of sp³-hybridized carbons (Fsp3) is 0.643. The van der Waals surface area contributed by atoms with Crippen molar-refractivity contribution in [3.05, 3.63) is 12.0 Å². The average Bonchev–Trinajstić information content (AvgIpc) is 3.14. The molecule has 0 spiro atoms. The summed E-state index contributed by atoms with van der Waals surface area (Å²) in [4.78, 5) is 15.5. The van der Waals surface area contributed by atoms with Gasteiger partial charge in [0, 0.05) is 13.7 Å². The SMILES string of the molecule is COCC1(CCNc2nn3cnc(C(=O)O)c3s2)CCCC1. The first-order chi connectivity index (χ1) is 10.6. The molecule has 0 bridgehead atoms. The van der Waals surface area contributed by atoms with Crippen molar-refractivity contribution in [1.29, 1.82) is 0 Å². The van der Waals surface area contributed by atoms with Crippen molar-refractivity contribution >= 4 is 27.3 Å². The quantitative estimate of drug-likeness (QED) is 0.813. The summed E-state index contributed by atoms with van der Waals surface area (Å²) in [5.74, 6) is -1.03. The van der Waals surface area contributed by atoms with E-state index in [4.69, 9.17) is 9.84 Å². The van der Waals surface area contributed by atoms with Crippen molar-refractivity contribution in [2.24, 2.45) is 5.41 Å². The van der Waals surface area contributed by atoms with E-state index in [9.17, 15) is 4.79 Å². The Bertz CT molecular complexity index is 660. The number of methoxy groups -OCH3 is 1. The number of ether oxygens (including phenoxy) is 1. The fourth-order valence-electron chi connectivity index (χ4n) is 3.26. The molecule has 1 aliphatic carbocycles. The van der Waals surface area contributed by atoms with Gasteiger partial charge in [-0.25, -0.2) is 14.3 Å². The van der Waals surface area contributed by atoms with Gasteiger partial charge >= 0.3 is 5.97 Å². The number of carboxylic acids is 1. The van der Waals surface area contributed by atoms with Crippen LogP contribution in [0.2, 0.25) is 0 Å². The van der Waals surface area contributed by atoms with Gasteiger partial charge in [-0.05, 0) is 24.7 Å². The van der Waals surface area contributed by atoms with E-state index in [0.717, 1.165) is 24.7 Å². The van der Waals surface area contributed by atoms with Crippen LogP contribution in [0, 0.1) is 5.41 Å². The van der Waals surface area contributed by atoms with Crippen molar-refractivity contribution in [3.8, 4) is 0 Å². The molecular formula is C14H20N4O3S. The Labute approximate surface area is 132 Å². The number of rotatable bonds is 7. The molecule has 0 aromatic carbocycles. The molecule has 2 heterocycles. The molecule has 1 aliphatic rings. The number of nitrogens with one attached hydrogen (secondary N) is 1. The van der Waals surface area contributed by atoms with Crippen LogP contribution < -0.4 is 5.32 Å². The Morgan fingerprint density at radius 2 is 2.32 bits per heavy atom. The van der Waals surface area contributed by atoms with Crippen LogP contribution in [-0.2, 0) is 4.74 Å². The van der Waals surface area contributed by atoms with Gasteiger partial charge in [-0.3, -0.25) is 0 Å². The zero-order valence-electron chi connectivity index (χ0n) is 12.5. The average molecular weight is 324 g/mol. The summed E-state index contributed by atoms with van der Waals surface area (Å²) in [6.45, 7) is 1.62. The number of hydrogen-bond donors (Lipinski definition) is 2. The van der Waals surface area contributed by atoms with Gasteiger partial charge in [0.2, 0.25) is 5.13 Å². The largest absolute Gasteiger partial charge is 0.476 e. The molecule has 1 fully saturated rings. The molecule has 7 nitrogen and oxygen atoms in total. The number of imidazole rings is 1. The van der Waals surface area contributed by atoms with Crippen molar-refractivity contribution in [3.63, 3.8) is 0 Å². The van der Waals surface area contributed by atoms with E-state index in [2.05, 4.69) is 15.4 Å². The van der Waals surface area contributed by atoms with Crippen LogP contribution in [0.15, 0.2) is 6.33 Å². The minimum absolute atomic E-state index is 0.0530. The highest BCUT2D eigenvalue weighted by atomic mass is 32.1. The van der Waals surface area contributed by atoms with Crippen molar-refractivity contribution in [2.75, 3.05) is 25.6 Å². The molecule has 1 saturated carbocycles. The van der Waals surface area contributed by atoms with Crippen LogP contribution in [0.4, 0.5) is 5.13 Å². The van der Waals surface area contributed by atoms with Crippen LogP contribution in [0.3, 0.4) is 0 Å². The van der Waals surface area contributed by atoms with E-state index in [0.29, 0.717) is 4.83 Å². The first kappa shape index (κ1) is 15.2. The fourth-order valence-corrected chi connectivity index (χ4v) is 4.16. The minimum Gasteiger partial charge on any atom is -0.476 e. The van der Waals surface area contributed by atoms with Gasteiger partial charge in [-0.1, -0.05) is 24.2 Å². The molecule has 120 valence electrons. The summed E-state index contributed by atoms with van der Waals surface area (Å²) in [6.07, 6.45) is 7.46. The topological polar surface area (TPSA) is 88.8 Å². The third kappa shape index (κ3) is 2.93. The molecule has 3 rings (SSSR count). The van der Waals surface area contributed by atoms with E-state index in [-0.39, 0.29) is 11.1 Å². The van der Waals surface area contributed by atoms with Gasteiger partial charge in [0.05, 0.1) is 6.61 Å². The molecule has 0 radical (unpaired) electrons. The number of anilines is 1. The zero-order chi connectivity index (χ0) is 15.6. The number of nitrogens with zero attached hydrogens (tertiary/aromatic N) is 3. The molecule has 2 aromatic heterocycles. The standard InChI is InChI=1S/C14H20N4O3S/c1-21-8-14(4-2-3-5-14)6-7-15-13-17-18-9-16-10(12(19)20)11(18)22-13/h9H,2-8H2,1H3,(H,15,17)(H,19,20). The highest BCUT2D eigenvalue weighted by Gasteiger charge is 2.33. The van der Waals surface area contributed by atoms with Gasteiger partial charge < -0.3 is 15.2 Å². The normalized spacial score (nSPS) is 17.1. The van der Waals surface area contributed by atoms with Crippen molar-refractivity contribution in [1.82, 2.24) is 14.6 Å². The van der Waals surface area contributed by atoms with Crippen molar-refractivity contribution in [2.45, 2.75) is 32.1 Å². The molecule has 0 aliphatic heterocycles. The Kier molecular flexibility index (Phi) is 4.30. The van der Waals surface area contributed by atoms with E-state index >= 15 is 0 Å². The van der Waals surface area contributed by atoms with E-state index in [1.807, 2.05) is 0 Å². The van der Waals surface area contributed by atoms with E-state index in [1.54, 1.807) is 7.11 Å². The third-order valence-corrected chi connectivity index (χ3v) is 5.34. The van der Waals surface area contributed by atoms with Crippen LogP contribution in [0.25, 0.3) is 4.83 Å². The highest BCUT2D eigenvalue weighted by molar-refractivity contribution is 7.21. The number of hydrogen-bond acceptors (Lipinski definition) is 6. The summed E-state index contributed by atoms with van der Waals surface area (Å²) < 4.78 is 6.90. The summed E-state index contributed by atoms with van der Waals surface area (Å²) >= 11 is 1.32. The molecule has 2 N–H and O–H groups in total. The number of carbonyl (C=O) groups is 1. The molecule has 22 heavy (non-hydrogen) atoms. The smallest absolute Gasteiger partial charge is 0.357 e. The summed E-state index contributed by atoms with van der Waals surface area (Å²) in [6, 6.07) is 0. The molecular weight excluding hydrogens is 304 g/mol. The van der Waals surface area contributed by atoms with Crippen LogP contribution in [0.5, 0.6) is 0 Å². The van der Waals surface area contributed by atoms with Gasteiger partial charge in [-0.2, -0.15) is 0 Å². The van der Waals surface area contributed by atoms with Gasteiger partial charge in [0.25, 0.3) is 0 Å². The predicted molar refractivity (Wildman–Crippen MR) is 83.7 cm³/mol. The molecule has 8 heteroatoms. The predicted octanol–water partition coefficient (Wildman–Crippen LogP) is 2.50. The molecule has 0 unspecified atom stereocenters. The number of fused-ring (bicyclic) bond motifs is 1. The minimum atomic E-state index is -1.03. The third-order valence-electron chi connectivity index (χ3n) is 4.35. The molecule has 2 aromatic rings. The maximum Gasteiger partial charge on any atom is 0.357 e. The van der Waals surface area contributed by atoms with E-state index in [1.165, 1.54) is 47.9 Å². The lowest BCUT2D eigenvalue weighted by Gasteiger charge is -2.28. The lowest BCUT2D eigenvalue weighted by molar-refractivity contribution is 0.0693. The monoisotopic (exact) mass is 324 g/mol. The summed E-state index contributed by atoms with van der Waals surface area (Å²) in [5, 5.41) is 17.4. The Hall–Kier alpha value is -1.67. The second kappa shape index (κ2) is 6.21. The highest BCUT2D eigenvalue weighted by Crippen LogP contribution is 2.41. The van der Waals surface area contributed by atoms with E-state index < -0.39 is 5.97 Å². The number of aromatic carboxylic acids is 1. The van der Waals surface area contributed by atoms with Gasteiger partial charge in [-0.15, -0.1) is 5.10 Å². The number of aromatic nitrogens is 3. The van der Waals surface area contributed by atoms with Gasteiger partial charge in [0.1, 0.15) is 6.33 Å². The zero-order valence-corrected chi connectivity index (χ0v) is 13.4. The Morgan fingerprint density at radius 3 is 3.00 bits per heavy atom. The maximum atomic E-state index is 11.1. The first-order valence-electron chi connectivity index (χ1n) is 7.44. The van der Waals surface area contributed by atoms with Crippen LogP contribution >= 0.6 is 11.3 Å². The lowest BCUT2D eigenvalue weighted by atomic mass is 9.83. The van der Waals surface area contributed by atoms with Gasteiger partial charge in [0.15, 0.2) is 10.5 Å². The Morgan fingerprint density at radius 1 is 1.55 bits per heavy atom. The summed E-state index contributed by atoms with van der Waals surface area (Å²) in [5.41, 5.74) is 0.339. The Balaban J connectivity index is 1.63. The van der Waals surface area contributed by atoms with Crippen LogP contribution in [-0.4, -0.2) is 45.9 Å². The number of carboxylic acid groups (broad SMARTS) is 1. The summed E-state index contributed by atoms with van der Waals surface area (Å²) in [7, 11) is 1.76. The molecule has 0 amide bonds. The first-order valence-corrected chi connectivity index (χ1v) is 8.25. The molecule has 0 saturated heterocycles. The second-order valence-corrected chi connectivity index (χ2v) is 6.85. The maximum absolute atomic E-state index is 11.1.